The van der Waals surface area contributed by atoms with Gasteiger partial charge in [-0.15, -0.1) is 0 Å². The minimum atomic E-state index is 0.987. The third-order valence-electron chi connectivity index (χ3n) is 4.39. The summed E-state index contributed by atoms with van der Waals surface area (Å²) in [4.78, 5) is 6.70. The van der Waals surface area contributed by atoms with Crippen molar-refractivity contribution in [1.29, 1.82) is 0 Å². The topological polar surface area (TPSA) is 16.1 Å². The van der Waals surface area contributed by atoms with E-state index in [0.29, 0.717) is 0 Å². The third-order valence-corrected chi connectivity index (χ3v) is 4.39. The molecular weight excluding hydrogens is 316 g/mol. The average molecular weight is 336 g/mol. The van der Waals surface area contributed by atoms with Crippen LogP contribution in [0.5, 0.6) is 0 Å². The smallest absolute Gasteiger partial charge is 0.0701 e. The first-order valence-corrected chi connectivity index (χ1v) is 8.74. The molecule has 0 aliphatic carbocycles. The molecule has 0 unspecified atom stereocenters. The van der Waals surface area contributed by atoms with E-state index in [1.807, 2.05) is 30.5 Å². The maximum absolute atomic E-state index is 4.44. The van der Waals surface area contributed by atoms with Gasteiger partial charge in [-0.3, -0.25) is 4.98 Å². The number of para-hydroxylation sites is 1. The molecule has 0 saturated carbocycles. The lowest BCUT2D eigenvalue weighted by molar-refractivity contribution is 1.27. The second-order valence-corrected chi connectivity index (χ2v) is 6.27. The number of rotatable bonds is 4. The standard InChI is InChI=1S/C24H20N2/c1-19-10-14-22(15-11-19)26(21-7-3-2-4-8-21)23-16-12-20(13-17-23)24-9-5-6-18-25-24/h2-18H,1H3. The molecule has 2 heteroatoms. The van der Waals surface area contributed by atoms with Crippen LogP contribution < -0.4 is 4.90 Å². The summed E-state index contributed by atoms with van der Waals surface area (Å²) >= 11 is 0. The van der Waals surface area contributed by atoms with E-state index in [1.54, 1.807) is 0 Å². The highest BCUT2D eigenvalue weighted by molar-refractivity contribution is 5.77. The molecule has 26 heavy (non-hydrogen) atoms. The Morgan fingerprint density at radius 1 is 0.577 bits per heavy atom. The number of pyridine rings is 1. The molecule has 0 fully saturated rings. The lowest BCUT2D eigenvalue weighted by Gasteiger charge is -2.25. The van der Waals surface area contributed by atoms with Gasteiger partial charge in [0.2, 0.25) is 0 Å². The van der Waals surface area contributed by atoms with Crippen molar-refractivity contribution in [3.63, 3.8) is 0 Å². The predicted octanol–water partition coefficient (Wildman–Crippen LogP) is 6.53. The van der Waals surface area contributed by atoms with Crippen molar-refractivity contribution in [3.8, 4) is 11.3 Å². The quantitative estimate of drug-likeness (QED) is 0.421. The van der Waals surface area contributed by atoms with Crippen LogP contribution in [0.2, 0.25) is 0 Å². The Morgan fingerprint density at radius 2 is 1.15 bits per heavy atom. The lowest BCUT2D eigenvalue weighted by Crippen LogP contribution is -2.09. The van der Waals surface area contributed by atoms with E-state index in [2.05, 4.69) is 89.6 Å². The van der Waals surface area contributed by atoms with Crippen LogP contribution >= 0.6 is 0 Å². The molecule has 0 amide bonds. The molecule has 0 bridgehead atoms. The summed E-state index contributed by atoms with van der Waals surface area (Å²) in [5, 5.41) is 0. The molecule has 1 aromatic heterocycles. The first-order chi connectivity index (χ1) is 12.8. The van der Waals surface area contributed by atoms with Gasteiger partial charge in [0.25, 0.3) is 0 Å². The van der Waals surface area contributed by atoms with Crippen LogP contribution in [0.25, 0.3) is 11.3 Å². The summed E-state index contributed by atoms with van der Waals surface area (Å²) in [5.41, 5.74) is 6.77. The summed E-state index contributed by atoms with van der Waals surface area (Å²) in [6.45, 7) is 2.11. The van der Waals surface area contributed by atoms with Crippen LogP contribution in [0.3, 0.4) is 0 Å². The van der Waals surface area contributed by atoms with E-state index in [0.717, 1.165) is 28.3 Å². The van der Waals surface area contributed by atoms with Crippen LogP contribution in [0.1, 0.15) is 5.56 Å². The Balaban J connectivity index is 1.76. The molecule has 0 atom stereocenters. The van der Waals surface area contributed by atoms with Crippen molar-refractivity contribution in [3.05, 3.63) is 109 Å². The zero-order valence-corrected chi connectivity index (χ0v) is 14.7. The number of anilines is 3. The number of aromatic nitrogens is 1. The third kappa shape index (κ3) is 3.35. The monoisotopic (exact) mass is 336 g/mol. The first kappa shape index (κ1) is 16.1. The summed E-state index contributed by atoms with van der Waals surface area (Å²) in [5.74, 6) is 0. The average Bonchev–Trinajstić information content (AvgIpc) is 2.72. The van der Waals surface area contributed by atoms with Gasteiger partial charge < -0.3 is 4.90 Å². The van der Waals surface area contributed by atoms with E-state index < -0.39 is 0 Å². The minimum Gasteiger partial charge on any atom is -0.311 e. The molecule has 3 aromatic carbocycles. The molecule has 0 spiro atoms. The highest BCUT2D eigenvalue weighted by atomic mass is 15.1. The van der Waals surface area contributed by atoms with Gasteiger partial charge in [0.1, 0.15) is 0 Å². The van der Waals surface area contributed by atoms with Gasteiger partial charge in [-0.2, -0.15) is 0 Å². The first-order valence-electron chi connectivity index (χ1n) is 8.74. The van der Waals surface area contributed by atoms with Gasteiger partial charge in [0.05, 0.1) is 5.69 Å². The molecule has 0 N–H and O–H groups in total. The van der Waals surface area contributed by atoms with Gasteiger partial charge in [-0.25, -0.2) is 0 Å². The van der Waals surface area contributed by atoms with Crippen LogP contribution in [-0.4, -0.2) is 4.98 Å². The van der Waals surface area contributed by atoms with Gasteiger partial charge in [0, 0.05) is 28.8 Å². The van der Waals surface area contributed by atoms with E-state index in [9.17, 15) is 0 Å². The zero-order valence-electron chi connectivity index (χ0n) is 14.7. The number of aryl methyl sites for hydroxylation is 1. The van der Waals surface area contributed by atoms with E-state index in [-0.39, 0.29) is 0 Å². The molecule has 0 aliphatic rings. The SMILES string of the molecule is Cc1ccc(N(c2ccccc2)c2ccc(-c3ccccn3)cc2)cc1. The summed E-state index contributed by atoms with van der Waals surface area (Å²) < 4.78 is 0. The number of benzene rings is 3. The van der Waals surface area contributed by atoms with Crippen molar-refractivity contribution >= 4 is 17.1 Å². The van der Waals surface area contributed by atoms with Crippen molar-refractivity contribution < 1.29 is 0 Å². The Bertz CT molecular complexity index is 960. The minimum absolute atomic E-state index is 0.987. The largest absolute Gasteiger partial charge is 0.311 e. The molecule has 126 valence electrons. The number of hydrogen-bond donors (Lipinski definition) is 0. The van der Waals surface area contributed by atoms with E-state index in [4.69, 9.17) is 0 Å². The van der Waals surface area contributed by atoms with Crippen LogP contribution in [-0.2, 0) is 0 Å². The van der Waals surface area contributed by atoms with Crippen molar-refractivity contribution in [1.82, 2.24) is 4.98 Å². The normalized spacial score (nSPS) is 10.5. The van der Waals surface area contributed by atoms with Crippen LogP contribution in [0.4, 0.5) is 17.1 Å². The van der Waals surface area contributed by atoms with E-state index >= 15 is 0 Å². The van der Waals surface area contributed by atoms with Crippen LogP contribution in [0, 0.1) is 6.92 Å². The molecule has 4 rings (SSSR count). The van der Waals surface area contributed by atoms with Crippen molar-refractivity contribution in [2.24, 2.45) is 0 Å². The Labute approximate surface area is 154 Å². The van der Waals surface area contributed by atoms with E-state index in [1.165, 1.54) is 5.56 Å². The molecule has 4 aromatic rings. The van der Waals surface area contributed by atoms with Gasteiger partial charge in [-0.1, -0.05) is 54.1 Å². The lowest BCUT2D eigenvalue weighted by atomic mass is 10.1. The fourth-order valence-electron chi connectivity index (χ4n) is 3.03. The number of nitrogens with zero attached hydrogens (tertiary/aromatic N) is 2. The summed E-state index contributed by atoms with van der Waals surface area (Å²) in [7, 11) is 0. The van der Waals surface area contributed by atoms with Crippen molar-refractivity contribution in [2.75, 3.05) is 4.90 Å². The molecule has 1 heterocycles. The van der Waals surface area contributed by atoms with Gasteiger partial charge in [-0.05, 0) is 55.5 Å². The maximum Gasteiger partial charge on any atom is 0.0701 e. The highest BCUT2D eigenvalue weighted by Crippen LogP contribution is 2.35. The van der Waals surface area contributed by atoms with Gasteiger partial charge >= 0.3 is 0 Å². The summed E-state index contributed by atoms with van der Waals surface area (Å²) in [6.07, 6.45) is 1.83. The fraction of sp³-hybridized carbons (Fsp3) is 0.0417. The molecule has 2 nitrogen and oxygen atoms in total. The highest BCUT2D eigenvalue weighted by Gasteiger charge is 2.12. The maximum atomic E-state index is 4.44. The summed E-state index contributed by atoms with van der Waals surface area (Å²) in [6, 6.07) is 33.6. The van der Waals surface area contributed by atoms with Gasteiger partial charge in [0.15, 0.2) is 0 Å². The molecule has 0 aliphatic heterocycles. The second kappa shape index (κ2) is 7.24. The Hall–Kier alpha value is -3.39. The molecular formula is C24H20N2. The van der Waals surface area contributed by atoms with Crippen molar-refractivity contribution in [2.45, 2.75) is 6.92 Å². The Kier molecular flexibility index (Phi) is 4.48. The molecule has 0 saturated heterocycles. The fourth-order valence-corrected chi connectivity index (χ4v) is 3.03. The Morgan fingerprint density at radius 3 is 1.77 bits per heavy atom. The zero-order chi connectivity index (χ0) is 17.8. The number of hydrogen-bond acceptors (Lipinski definition) is 2. The predicted molar refractivity (Wildman–Crippen MR) is 109 cm³/mol. The second-order valence-electron chi connectivity index (χ2n) is 6.27. The molecule has 0 radical (unpaired) electrons. The van der Waals surface area contributed by atoms with Crippen LogP contribution in [0.15, 0.2) is 103 Å².